The Morgan fingerprint density at radius 1 is 0.652 bits per heavy atom. The smallest absolute Gasteiger partial charge is 0.267 e. The number of hydrogen-bond acceptors (Lipinski definition) is 8. The molecule has 4 aliphatic rings. The van der Waals surface area contributed by atoms with Crippen LogP contribution in [0.1, 0.15) is 132 Å². The van der Waals surface area contributed by atoms with Crippen molar-refractivity contribution in [3.63, 3.8) is 0 Å². The zero-order valence-corrected chi connectivity index (χ0v) is 38.6. The van der Waals surface area contributed by atoms with Crippen molar-refractivity contribution in [1.29, 1.82) is 0 Å². The molecule has 17 heteroatoms. The first-order valence-corrected chi connectivity index (χ1v) is 23.7. The predicted molar refractivity (Wildman–Crippen MR) is 241 cm³/mol. The molecule has 2 aromatic carbocycles. The van der Waals surface area contributed by atoms with E-state index in [1.165, 1.54) is 0 Å². The molecule has 2 heterocycles. The van der Waals surface area contributed by atoms with Crippen molar-refractivity contribution in [2.45, 2.75) is 170 Å². The number of rotatable bonds is 20. The van der Waals surface area contributed by atoms with Crippen LogP contribution in [0.25, 0.3) is 0 Å². The number of aryl methyl sites for hydroxylation is 2. The lowest BCUT2D eigenvalue weighted by atomic mass is 9.79. The number of unbranched alkanes of at least 4 members (excludes halogenated alkanes) is 3. The topological polar surface area (TPSA) is 169 Å². The number of nitrogens with zero attached hydrogens (tertiary/aromatic N) is 2. The summed E-state index contributed by atoms with van der Waals surface area (Å²) < 4.78 is 60.5. The highest BCUT2D eigenvalue weighted by atomic mass is 19.3. The fraction of sp³-hybridized carbons (Fsp3) is 0.633. The van der Waals surface area contributed by atoms with E-state index in [4.69, 9.17) is 0 Å². The van der Waals surface area contributed by atoms with Gasteiger partial charge in [0.2, 0.25) is 29.5 Å². The van der Waals surface area contributed by atoms with Crippen molar-refractivity contribution in [2.75, 3.05) is 27.2 Å². The number of alkyl halides is 4. The number of carbonyl (C=O) groups excluding carboxylic acids is 6. The maximum Gasteiger partial charge on any atom is 0.267 e. The fourth-order valence-electron chi connectivity index (χ4n) is 10.1. The first kappa shape index (κ1) is 50.5. The molecule has 0 bridgehead atoms. The summed E-state index contributed by atoms with van der Waals surface area (Å²) >= 11 is 0. The molecule has 8 atom stereocenters. The lowest BCUT2D eigenvalue weighted by molar-refractivity contribution is -0.142. The van der Waals surface area contributed by atoms with E-state index in [2.05, 4.69) is 26.6 Å². The van der Waals surface area contributed by atoms with Crippen LogP contribution in [0.4, 0.5) is 17.6 Å². The Kier molecular flexibility index (Phi) is 17.0. The van der Waals surface area contributed by atoms with Gasteiger partial charge in [-0.3, -0.25) is 28.8 Å². The molecule has 66 heavy (non-hydrogen) atoms. The summed E-state index contributed by atoms with van der Waals surface area (Å²) in [6.45, 7) is 1.27. The minimum Gasteiger partial charge on any atom is -0.347 e. The van der Waals surface area contributed by atoms with Gasteiger partial charge in [0.1, 0.15) is 18.1 Å². The van der Waals surface area contributed by atoms with Gasteiger partial charge in [-0.2, -0.15) is 0 Å². The maximum absolute atomic E-state index is 15.1. The first-order valence-electron chi connectivity index (χ1n) is 23.7. The third-order valence-corrected chi connectivity index (χ3v) is 14.0. The number of nitrogens with one attached hydrogen (secondary N) is 5. The zero-order valence-electron chi connectivity index (χ0n) is 38.6. The minimum absolute atomic E-state index is 0.0245. The first-order chi connectivity index (χ1) is 31.4. The molecule has 13 nitrogen and oxygen atoms in total. The standard InChI is InChI=1S/C49H67F4N7O6/c1-30(54-3)43(62)57-38(46(65)59-28-48(50,51)26-40(59)42(61)25-34-19-13-17-32-15-9-11-20-35(32)34)22-7-5-6-8-23-39(58-44(63)31(2)55-4)47(66)60-29-49(52,53)27-41(60)45(64)56-37-24-14-18-33-16-10-12-21-36(33)37/h9-12,15-16,20-21,30-31,34,37-41,54-55H,5-8,13-14,17-19,22-29H2,1-4H3,(H,56,64)(H,57,62)(H,58,63)/t30-,31-,34-,37+,38-,39-,40-,41-/m0/s1. The molecule has 2 aliphatic heterocycles. The second-order valence-electron chi connectivity index (χ2n) is 18.8. The maximum atomic E-state index is 15.1. The molecule has 0 saturated carbocycles. The largest absolute Gasteiger partial charge is 0.347 e. The van der Waals surface area contributed by atoms with Gasteiger partial charge in [0.15, 0.2) is 5.78 Å². The van der Waals surface area contributed by atoms with Gasteiger partial charge in [0, 0.05) is 19.3 Å². The Morgan fingerprint density at radius 3 is 1.67 bits per heavy atom. The summed E-state index contributed by atoms with van der Waals surface area (Å²) in [7, 11) is 3.14. The molecule has 0 unspecified atom stereocenters. The van der Waals surface area contributed by atoms with E-state index in [0.29, 0.717) is 32.1 Å². The van der Waals surface area contributed by atoms with Crippen molar-refractivity contribution in [2.24, 2.45) is 0 Å². The number of ketones is 1. The zero-order chi connectivity index (χ0) is 47.8. The third kappa shape index (κ3) is 12.5. The van der Waals surface area contributed by atoms with Gasteiger partial charge < -0.3 is 36.4 Å². The SMILES string of the molecule is CN[C@@H](C)C(=O)N[C@@H](CCCCCC[C@H](NC(=O)[C@H](C)NC)C(=O)N1CC(F)(F)C[C@H]1C(=O)N[C@@H]1CCCc2ccccc21)C(=O)N1CC(F)(F)C[C@H]1C(=O)C[C@@H]1CCCc2ccccc21. The van der Waals surface area contributed by atoms with Crippen LogP contribution in [0.5, 0.6) is 0 Å². The molecule has 2 saturated heterocycles. The van der Waals surface area contributed by atoms with E-state index in [1.54, 1.807) is 27.9 Å². The molecule has 5 N–H and O–H groups in total. The average Bonchev–Trinajstić information content (AvgIpc) is 3.82. The molecular formula is C49H67F4N7O6. The second-order valence-corrected chi connectivity index (χ2v) is 18.8. The number of hydrogen-bond donors (Lipinski definition) is 5. The molecule has 362 valence electrons. The van der Waals surface area contributed by atoms with Crippen LogP contribution in [-0.2, 0) is 41.6 Å². The summed E-state index contributed by atoms with van der Waals surface area (Å²) in [6.07, 6.45) is 4.86. The number of Topliss-reactive ketones (excluding diaryl/α,β-unsaturated/α-hetero) is 1. The molecular weight excluding hydrogens is 859 g/mol. The highest BCUT2D eigenvalue weighted by molar-refractivity contribution is 5.95. The molecule has 5 amide bonds. The van der Waals surface area contributed by atoms with Gasteiger partial charge in [-0.1, -0.05) is 74.2 Å². The van der Waals surface area contributed by atoms with Gasteiger partial charge in [0.05, 0.1) is 37.3 Å². The van der Waals surface area contributed by atoms with Crippen LogP contribution >= 0.6 is 0 Å². The van der Waals surface area contributed by atoms with Crippen molar-refractivity contribution >= 4 is 35.3 Å². The van der Waals surface area contributed by atoms with Crippen molar-refractivity contribution in [3.8, 4) is 0 Å². The predicted octanol–water partition coefficient (Wildman–Crippen LogP) is 5.26. The molecule has 0 spiro atoms. The summed E-state index contributed by atoms with van der Waals surface area (Å²) in [4.78, 5) is 84.0. The number of likely N-dealkylation sites (N-methyl/N-ethyl adjacent to an activating group) is 2. The highest BCUT2D eigenvalue weighted by Crippen LogP contribution is 2.39. The van der Waals surface area contributed by atoms with Gasteiger partial charge in [-0.15, -0.1) is 0 Å². The normalized spacial score (nSPS) is 23.7. The quantitative estimate of drug-likeness (QED) is 0.0886. The van der Waals surface area contributed by atoms with E-state index in [9.17, 15) is 28.8 Å². The fourth-order valence-corrected chi connectivity index (χ4v) is 10.1. The Hall–Kier alpha value is -4.90. The van der Waals surface area contributed by atoms with E-state index in [0.717, 1.165) is 64.2 Å². The van der Waals surface area contributed by atoms with Crippen LogP contribution in [0, 0.1) is 0 Å². The Labute approximate surface area is 385 Å². The van der Waals surface area contributed by atoms with Crippen molar-refractivity contribution < 1.29 is 46.3 Å². The third-order valence-electron chi connectivity index (χ3n) is 14.0. The molecule has 2 aliphatic carbocycles. The van der Waals surface area contributed by atoms with Crippen molar-refractivity contribution in [1.82, 2.24) is 36.4 Å². The summed E-state index contributed by atoms with van der Waals surface area (Å²) in [6, 6.07) is 8.44. The van der Waals surface area contributed by atoms with Gasteiger partial charge >= 0.3 is 0 Å². The number of halogens is 4. The summed E-state index contributed by atoms with van der Waals surface area (Å²) in [5.74, 6) is -10.5. The number of likely N-dealkylation sites (tertiary alicyclic amines) is 2. The van der Waals surface area contributed by atoms with Crippen LogP contribution in [0.3, 0.4) is 0 Å². The molecule has 2 fully saturated rings. The van der Waals surface area contributed by atoms with E-state index in [1.807, 2.05) is 48.5 Å². The lowest BCUT2D eigenvalue weighted by Gasteiger charge is -2.31. The molecule has 6 rings (SSSR count). The highest BCUT2D eigenvalue weighted by Gasteiger charge is 2.53. The number of carbonyl (C=O) groups is 6. The van der Waals surface area contributed by atoms with Gasteiger partial charge in [-0.05, 0) is 107 Å². The summed E-state index contributed by atoms with van der Waals surface area (Å²) in [5, 5.41) is 14.0. The number of amides is 5. The Bertz CT molecular complexity index is 1930. The Morgan fingerprint density at radius 2 is 1.12 bits per heavy atom. The van der Waals surface area contributed by atoms with E-state index in [-0.39, 0.29) is 31.2 Å². The minimum atomic E-state index is -3.33. The van der Waals surface area contributed by atoms with Crippen LogP contribution in [-0.4, -0.2) is 120 Å². The number of benzene rings is 2. The van der Waals surface area contributed by atoms with Gasteiger partial charge in [0.25, 0.3) is 11.8 Å². The number of fused-ring (bicyclic) bond motifs is 2. The Balaban J connectivity index is 1.09. The van der Waals surface area contributed by atoms with Crippen LogP contribution in [0.2, 0.25) is 0 Å². The lowest BCUT2D eigenvalue weighted by Crippen LogP contribution is -2.55. The van der Waals surface area contributed by atoms with Crippen molar-refractivity contribution in [3.05, 3.63) is 70.8 Å². The molecule has 2 aromatic rings. The van der Waals surface area contributed by atoms with Crippen LogP contribution < -0.4 is 26.6 Å². The summed E-state index contributed by atoms with van der Waals surface area (Å²) in [5.41, 5.74) is 4.16. The van der Waals surface area contributed by atoms with Crippen LogP contribution in [0.15, 0.2) is 48.5 Å². The van der Waals surface area contributed by atoms with E-state index >= 15 is 17.6 Å². The molecule has 0 radical (unpaired) electrons. The average molecular weight is 926 g/mol. The monoisotopic (exact) mass is 926 g/mol. The van der Waals surface area contributed by atoms with E-state index < -0.39 is 109 Å². The second kappa shape index (κ2) is 22.3. The molecule has 0 aromatic heterocycles. The van der Waals surface area contributed by atoms with Gasteiger partial charge in [-0.25, -0.2) is 17.6 Å².